The molecule has 1 spiro atoms. The zero-order valence-corrected chi connectivity index (χ0v) is 14.4. The van der Waals surface area contributed by atoms with Crippen LogP contribution in [-0.4, -0.2) is 11.4 Å². The van der Waals surface area contributed by atoms with E-state index in [1.807, 2.05) is 85.8 Å². The molecule has 0 bridgehead atoms. The van der Waals surface area contributed by atoms with Crippen LogP contribution in [0.15, 0.2) is 78.9 Å². The Kier molecular flexibility index (Phi) is 3.28. The number of ether oxygens (including phenoxy) is 2. The van der Waals surface area contributed by atoms with Crippen LogP contribution in [-0.2, 0) is 4.74 Å². The molecule has 3 atom stereocenters. The van der Waals surface area contributed by atoms with E-state index in [0.717, 1.165) is 11.1 Å². The summed E-state index contributed by atoms with van der Waals surface area (Å²) in [5, 5.41) is 0. The van der Waals surface area contributed by atoms with E-state index < -0.39 is 11.7 Å². The van der Waals surface area contributed by atoms with E-state index in [2.05, 4.69) is 0 Å². The first kappa shape index (κ1) is 15.4. The van der Waals surface area contributed by atoms with Gasteiger partial charge in [0, 0.05) is 0 Å². The second kappa shape index (κ2) is 5.55. The molecule has 5 rings (SSSR count). The molecule has 2 heterocycles. The number of hydrogen-bond donors (Lipinski definition) is 0. The van der Waals surface area contributed by atoms with Crippen LogP contribution in [0.4, 0.5) is 0 Å². The van der Waals surface area contributed by atoms with E-state index in [0.29, 0.717) is 11.3 Å². The van der Waals surface area contributed by atoms with Gasteiger partial charge in [0.05, 0.1) is 5.56 Å². The van der Waals surface area contributed by atoms with Gasteiger partial charge in [0.1, 0.15) is 11.9 Å². The van der Waals surface area contributed by atoms with Gasteiger partial charge < -0.3 is 9.47 Å². The fourth-order valence-corrected chi connectivity index (χ4v) is 3.83. The van der Waals surface area contributed by atoms with E-state index >= 15 is 0 Å². The molecule has 1 fully saturated rings. The van der Waals surface area contributed by atoms with Crippen LogP contribution >= 0.6 is 0 Å². The minimum Gasteiger partial charge on any atom is -0.481 e. The van der Waals surface area contributed by atoms with Crippen molar-refractivity contribution in [1.82, 2.24) is 0 Å². The van der Waals surface area contributed by atoms with E-state index in [1.165, 1.54) is 5.56 Å². The zero-order valence-electron chi connectivity index (χ0n) is 14.4. The summed E-state index contributed by atoms with van der Waals surface area (Å²) in [6.07, 6.45) is -0.758. The third kappa shape index (κ3) is 2.14. The molecule has 0 aliphatic carbocycles. The molecule has 3 nitrogen and oxygen atoms in total. The first-order valence-corrected chi connectivity index (χ1v) is 8.80. The van der Waals surface area contributed by atoms with Gasteiger partial charge in [-0.3, -0.25) is 4.79 Å². The van der Waals surface area contributed by atoms with Crippen LogP contribution in [0.5, 0.6) is 5.75 Å². The van der Waals surface area contributed by atoms with Gasteiger partial charge in [0.15, 0.2) is 6.10 Å². The number of epoxide rings is 1. The summed E-state index contributed by atoms with van der Waals surface area (Å²) < 4.78 is 12.4. The number of Topliss-reactive ketones (excluding diaryl/α,β-unsaturated/α-hetero) is 1. The van der Waals surface area contributed by atoms with E-state index in [1.54, 1.807) is 0 Å². The molecular formula is C23H18O3. The zero-order chi connectivity index (χ0) is 17.7. The average molecular weight is 342 g/mol. The van der Waals surface area contributed by atoms with Crippen molar-refractivity contribution in [1.29, 1.82) is 0 Å². The molecule has 0 radical (unpaired) electrons. The molecule has 0 saturated carbocycles. The average Bonchev–Trinajstić information content (AvgIpc) is 3.42. The molecule has 1 saturated heterocycles. The van der Waals surface area contributed by atoms with Gasteiger partial charge in [-0.25, -0.2) is 0 Å². The van der Waals surface area contributed by atoms with Crippen molar-refractivity contribution in [3.05, 3.63) is 101 Å². The summed E-state index contributed by atoms with van der Waals surface area (Å²) in [7, 11) is 0. The molecule has 0 unspecified atom stereocenters. The molecule has 128 valence electrons. The Morgan fingerprint density at radius 2 is 1.42 bits per heavy atom. The minimum atomic E-state index is -0.995. The SMILES string of the molecule is Cc1ccc([C@@H]2O[C@@]23C(=O)c2ccccc2O[C@H]3c2ccccc2)cc1. The second-order valence-electron chi connectivity index (χ2n) is 6.94. The van der Waals surface area contributed by atoms with Crippen molar-refractivity contribution in [2.24, 2.45) is 0 Å². The van der Waals surface area contributed by atoms with Gasteiger partial charge in [-0.1, -0.05) is 72.3 Å². The van der Waals surface area contributed by atoms with Crippen LogP contribution in [0, 0.1) is 6.92 Å². The lowest BCUT2D eigenvalue weighted by Gasteiger charge is -2.31. The second-order valence-corrected chi connectivity index (χ2v) is 6.94. The lowest BCUT2D eigenvalue weighted by molar-refractivity contribution is 0.0523. The Hall–Kier alpha value is -2.91. The summed E-state index contributed by atoms with van der Waals surface area (Å²) >= 11 is 0. The van der Waals surface area contributed by atoms with E-state index in [9.17, 15) is 4.79 Å². The van der Waals surface area contributed by atoms with Crippen LogP contribution in [0.1, 0.15) is 39.3 Å². The number of rotatable bonds is 2. The summed E-state index contributed by atoms with van der Waals surface area (Å²) in [6, 6.07) is 25.4. The summed E-state index contributed by atoms with van der Waals surface area (Å²) in [4.78, 5) is 13.4. The Morgan fingerprint density at radius 1 is 0.769 bits per heavy atom. The molecule has 3 aromatic carbocycles. The molecule has 3 heteroatoms. The van der Waals surface area contributed by atoms with Crippen molar-refractivity contribution in [2.75, 3.05) is 0 Å². The quantitative estimate of drug-likeness (QED) is 0.627. The fourth-order valence-electron chi connectivity index (χ4n) is 3.83. The molecule has 0 N–H and O–H groups in total. The number of fused-ring (bicyclic) bond motifs is 1. The largest absolute Gasteiger partial charge is 0.481 e. The molecule has 0 aromatic heterocycles. The molecule has 0 amide bonds. The number of aryl methyl sites for hydroxylation is 1. The fraction of sp³-hybridized carbons (Fsp3) is 0.174. The maximum absolute atomic E-state index is 13.4. The molecule has 2 aliphatic heterocycles. The summed E-state index contributed by atoms with van der Waals surface area (Å²) in [5.41, 5.74) is 2.73. The molecule has 3 aromatic rings. The number of ketones is 1. The third-order valence-corrected chi connectivity index (χ3v) is 5.25. The number of carbonyl (C=O) groups excluding carboxylic acids is 1. The Labute approximate surface area is 152 Å². The van der Waals surface area contributed by atoms with Gasteiger partial charge in [-0.2, -0.15) is 0 Å². The van der Waals surface area contributed by atoms with Gasteiger partial charge in [-0.15, -0.1) is 0 Å². The number of hydrogen-bond acceptors (Lipinski definition) is 3. The van der Waals surface area contributed by atoms with Crippen LogP contribution in [0.2, 0.25) is 0 Å². The Balaban J connectivity index is 1.64. The number of carbonyl (C=O) groups is 1. The first-order valence-electron chi connectivity index (χ1n) is 8.80. The molecular weight excluding hydrogens is 324 g/mol. The highest BCUT2D eigenvalue weighted by Gasteiger charge is 2.71. The third-order valence-electron chi connectivity index (χ3n) is 5.25. The van der Waals surface area contributed by atoms with Gasteiger partial charge in [0.25, 0.3) is 0 Å². The maximum Gasteiger partial charge on any atom is 0.205 e. The summed E-state index contributed by atoms with van der Waals surface area (Å²) in [5.74, 6) is 0.619. The minimum absolute atomic E-state index is 0.00113. The molecule has 2 aliphatic rings. The normalized spacial score (nSPS) is 26.3. The van der Waals surface area contributed by atoms with Gasteiger partial charge in [-0.05, 0) is 30.2 Å². The highest BCUT2D eigenvalue weighted by molar-refractivity contribution is 6.08. The summed E-state index contributed by atoms with van der Waals surface area (Å²) in [6.45, 7) is 2.05. The van der Waals surface area contributed by atoms with Crippen LogP contribution in [0.25, 0.3) is 0 Å². The van der Waals surface area contributed by atoms with Crippen molar-refractivity contribution >= 4 is 5.78 Å². The van der Waals surface area contributed by atoms with Crippen molar-refractivity contribution in [2.45, 2.75) is 24.7 Å². The molecule has 26 heavy (non-hydrogen) atoms. The Bertz CT molecular complexity index is 978. The van der Waals surface area contributed by atoms with E-state index in [-0.39, 0.29) is 11.9 Å². The van der Waals surface area contributed by atoms with Crippen LogP contribution in [0.3, 0.4) is 0 Å². The van der Waals surface area contributed by atoms with Crippen molar-refractivity contribution < 1.29 is 14.3 Å². The predicted octanol–water partition coefficient (Wildman–Crippen LogP) is 4.82. The van der Waals surface area contributed by atoms with Gasteiger partial charge in [0.2, 0.25) is 11.4 Å². The first-order chi connectivity index (χ1) is 12.7. The van der Waals surface area contributed by atoms with Gasteiger partial charge >= 0.3 is 0 Å². The topological polar surface area (TPSA) is 38.8 Å². The highest BCUT2D eigenvalue weighted by Crippen LogP contribution is 2.61. The lowest BCUT2D eigenvalue weighted by Crippen LogP contribution is -2.40. The Morgan fingerprint density at radius 3 is 2.19 bits per heavy atom. The maximum atomic E-state index is 13.4. The lowest BCUT2D eigenvalue weighted by atomic mass is 9.81. The predicted molar refractivity (Wildman–Crippen MR) is 98.3 cm³/mol. The standard InChI is InChI=1S/C23H18O3/c1-15-11-13-17(14-12-15)22-23(26-22)20(24)18-9-5-6-10-19(18)25-21(23)16-7-3-2-4-8-16/h2-14,21-22H,1H3/t21-,22-,23+/m0/s1. The van der Waals surface area contributed by atoms with Crippen LogP contribution < -0.4 is 4.74 Å². The monoisotopic (exact) mass is 342 g/mol. The van der Waals surface area contributed by atoms with E-state index in [4.69, 9.17) is 9.47 Å². The van der Waals surface area contributed by atoms with Crippen molar-refractivity contribution in [3.8, 4) is 5.75 Å². The number of para-hydroxylation sites is 1. The number of benzene rings is 3. The highest BCUT2D eigenvalue weighted by atomic mass is 16.6. The smallest absolute Gasteiger partial charge is 0.205 e. The van der Waals surface area contributed by atoms with Crippen molar-refractivity contribution in [3.63, 3.8) is 0 Å².